The Bertz CT molecular complexity index is 1260. The van der Waals surface area contributed by atoms with Crippen LogP contribution in [0.1, 0.15) is 5.56 Å². The highest BCUT2D eigenvalue weighted by atomic mass is 35.5. The number of halogens is 3. The van der Waals surface area contributed by atoms with E-state index in [4.69, 9.17) is 17.3 Å². The van der Waals surface area contributed by atoms with Gasteiger partial charge in [-0.2, -0.15) is 0 Å². The number of rotatable bonds is 5. The number of amides is 1. The fourth-order valence-corrected chi connectivity index (χ4v) is 4.64. The molecule has 32 heavy (non-hydrogen) atoms. The minimum Gasteiger partial charge on any atom is -0.369 e. The first-order valence-corrected chi connectivity index (χ1v) is 10.7. The fraction of sp³-hybridized carbons (Fsp3) is 0.182. The number of thiazole rings is 1. The number of primary amides is 1. The van der Waals surface area contributed by atoms with Crippen LogP contribution >= 0.6 is 22.9 Å². The van der Waals surface area contributed by atoms with Crippen molar-refractivity contribution in [3.05, 3.63) is 71.4 Å². The van der Waals surface area contributed by atoms with Gasteiger partial charge in [0, 0.05) is 25.9 Å². The van der Waals surface area contributed by atoms with E-state index in [1.54, 1.807) is 24.3 Å². The van der Waals surface area contributed by atoms with Gasteiger partial charge in [-0.3, -0.25) is 4.79 Å². The third-order valence-corrected chi connectivity index (χ3v) is 6.44. The van der Waals surface area contributed by atoms with Crippen molar-refractivity contribution in [1.29, 1.82) is 0 Å². The number of alkyl halides is 1. The summed E-state index contributed by atoms with van der Waals surface area (Å²) < 4.78 is 30.4. The lowest BCUT2D eigenvalue weighted by Gasteiger charge is -2.31. The monoisotopic (exact) mass is 473 g/mol. The van der Waals surface area contributed by atoms with Crippen LogP contribution in [0.3, 0.4) is 0 Å². The summed E-state index contributed by atoms with van der Waals surface area (Å²) in [4.78, 5) is 27.3. The molecule has 10 heteroatoms. The number of nitrogens with two attached hydrogens (primary N) is 1. The second kappa shape index (κ2) is 8.40. The number of benzene rings is 1. The summed E-state index contributed by atoms with van der Waals surface area (Å²) in [7, 11) is 3.71. The molecule has 6 nitrogen and oxygen atoms in total. The average molecular weight is 474 g/mol. The second-order valence-corrected chi connectivity index (χ2v) is 8.69. The van der Waals surface area contributed by atoms with Gasteiger partial charge in [-0.15, -0.1) is 0 Å². The van der Waals surface area contributed by atoms with E-state index >= 15 is 4.39 Å². The first kappa shape index (κ1) is 22.0. The second-order valence-electron chi connectivity index (χ2n) is 7.37. The molecule has 1 aromatic carbocycles. The third kappa shape index (κ3) is 3.89. The molecule has 2 unspecified atom stereocenters. The number of aromatic nitrogens is 3. The molecule has 4 rings (SSSR count). The van der Waals surface area contributed by atoms with Crippen LogP contribution in [0.25, 0.3) is 21.8 Å². The van der Waals surface area contributed by atoms with E-state index in [2.05, 4.69) is 15.0 Å². The van der Waals surface area contributed by atoms with Gasteiger partial charge in [0.05, 0.1) is 16.3 Å². The first-order chi connectivity index (χ1) is 15.2. The lowest BCUT2D eigenvalue weighted by atomic mass is 9.78. The number of allylic oxidation sites excluding steroid dienone is 3. The normalized spacial score (nSPS) is 20.2. The summed E-state index contributed by atoms with van der Waals surface area (Å²) in [6.45, 7) is 0. The topological polar surface area (TPSA) is 85.0 Å². The number of carbonyl (C=O) groups is 1. The summed E-state index contributed by atoms with van der Waals surface area (Å²) in [6, 6.07) is 8.11. The molecule has 0 saturated carbocycles. The summed E-state index contributed by atoms with van der Waals surface area (Å²) in [5.41, 5.74) is 4.67. The molecule has 0 fully saturated rings. The molecule has 0 bridgehead atoms. The zero-order valence-electron chi connectivity index (χ0n) is 17.1. The number of hydrogen-bond acceptors (Lipinski definition) is 6. The van der Waals surface area contributed by atoms with Crippen LogP contribution in [0, 0.1) is 5.92 Å². The van der Waals surface area contributed by atoms with Gasteiger partial charge in [-0.25, -0.2) is 23.7 Å². The zero-order chi connectivity index (χ0) is 23.0. The molecule has 0 radical (unpaired) electrons. The molecule has 2 aromatic heterocycles. The SMILES string of the molecule is CN(C)c1nc(-c2cccc(C3(F)C=CC=C(F)C3C(N)=O)c2)c(-c2ccnc(Cl)n2)s1. The van der Waals surface area contributed by atoms with Crippen molar-refractivity contribution >= 4 is 34.0 Å². The van der Waals surface area contributed by atoms with Gasteiger partial charge in [-0.05, 0) is 41.4 Å². The largest absolute Gasteiger partial charge is 0.369 e. The smallest absolute Gasteiger partial charge is 0.231 e. The average Bonchev–Trinajstić information content (AvgIpc) is 3.19. The van der Waals surface area contributed by atoms with Gasteiger partial charge in [-0.1, -0.05) is 35.6 Å². The highest BCUT2D eigenvalue weighted by molar-refractivity contribution is 7.19. The van der Waals surface area contributed by atoms with Gasteiger partial charge in [0.2, 0.25) is 11.2 Å². The maximum Gasteiger partial charge on any atom is 0.231 e. The Balaban J connectivity index is 1.87. The van der Waals surface area contributed by atoms with E-state index in [-0.39, 0.29) is 10.8 Å². The number of carbonyl (C=O) groups excluding carboxylic acids is 1. The quantitative estimate of drug-likeness (QED) is 0.544. The van der Waals surface area contributed by atoms with Crippen molar-refractivity contribution < 1.29 is 13.6 Å². The third-order valence-electron chi connectivity index (χ3n) is 5.01. The fourth-order valence-electron chi connectivity index (χ4n) is 3.51. The van der Waals surface area contributed by atoms with Gasteiger partial charge in [0.15, 0.2) is 10.8 Å². The molecule has 2 atom stereocenters. The molecular formula is C22H18ClF2N5OS. The summed E-state index contributed by atoms with van der Waals surface area (Å²) >= 11 is 7.36. The molecule has 0 spiro atoms. The van der Waals surface area contributed by atoms with Crippen LogP contribution in [-0.4, -0.2) is 35.0 Å². The Labute approximate surface area is 192 Å². The van der Waals surface area contributed by atoms with Gasteiger partial charge in [0.25, 0.3) is 0 Å². The highest BCUT2D eigenvalue weighted by Gasteiger charge is 2.46. The summed E-state index contributed by atoms with van der Waals surface area (Å²) in [5.74, 6) is -3.76. The Kier molecular flexibility index (Phi) is 5.79. The van der Waals surface area contributed by atoms with Crippen LogP contribution in [0.5, 0.6) is 0 Å². The minimum atomic E-state index is -2.43. The van der Waals surface area contributed by atoms with Crippen molar-refractivity contribution in [1.82, 2.24) is 15.0 Å². The zero-order valence-corrected chi connectivity index (χ0v) is 18.7. The van der Waals surface area contributed by atoms with Crippen LogP contribution in [-0.2, 0) is 10.5 Å². The molecule has 1 aliphatic rings. The van der Waals surface area contributed by atoms with Crippen molar-refractivity contribution in [3.63, 3.8) is 0 Å². The maximum absolute atomic E-state index is 16.0. The molecule has 3 aromatic rings. The number of hydrogen-bond donors (Lipinski definition) is 1. The van der Waals surface area contributed by atoms with Crippen LogP contribution in [0.15, 0.2) is 60.6 Å². The van der Waals surface area contributed by atoms with Crippen LogP contribution in [0.4, 0.5) is 13.9 Å². The number of nitrogens with zero attached hydrogens (tertiary/aromatic N) is 4. The van der Waals surface area contributed by atoms with E-state index < -0.39 is 23.3 Å². The van der Waals surface area contributed by atoms with Crippen molar-refractivity contribution in [3.8, 4) is 21.8 Å². The highest BCUT2D eigenvalue weighted by Crippen LogP contribution is 2.45. The van der Waals surface area contributed by atoms with E-state index in [1.807, 2.05) is 19.0 Å². The van der Waals surface area contributed by atoms with Crippen LogP contribution in [0.2, 0.25) is 5.28 Å². The molecular weight excluding hydrogens is 456 g/mol. The lowest BCUT2D eigenvalue weighted by molar-refractivity contribution is -0.125. The van der Waals surface area contributed by atoms with Gasteiger partial charge in [0.1, 0.15) is 11.7 Å². The molecule has 0 saturated heterocycles. The Morgan fingerprint density at radius 3 is 2.75 bits per heavy atom. The van der Waals surface area contributed by atoms with Crippen LogP contribution < -0.4 is 10.6 Å². The van der Waals surface area contributed by atoms with Gasteiger partial charge < -0.3 is 10.6 Å². The predicted molar refractivity (Wildman–Crippen MR) is 122 cm³/mol. The predicted octanol–water partition coefficient (Wildman–Crippen LogP) is 4.68. The summed E-state index contributed by atoms with van der Waals surface area (Å²) in [5, 5.41) is 0.787. The maximum atomic E-state index is 16.0. The minimum absolute atomic E-state index is 0.0867. The Morgan fingerprint density at radius 2 is 2.06 bits per heavy atom. The van der Waals surface area contributed by atoms with Crippen molar-refractivity contribution in [2.45, 2.75) is 5.67 Å². The first-order valence-electron chi connectivity index (χ1n) is 9.52. The Morgan fingerprint density at radius 1 is 1.28 bits per heavy atom. The molecule has 164 valence electrons. The molecule has 2 heterocycles. The molecule has 1 aliphatic carbocycles. The van der Waals surface area contributed by atoms with Gasteiger partial charge >= 0.3 is 0 Å². The van der Waals surface area contributed by atoms with E-state index in [1.165, 1.54) is 29.7 Å². The molecule has 2 N–H and O–H groups in total. The van der Waals surface area contributed by atoms with Crippen molar-refractivity contribution in [2.75, 3.05) is 19.0 Å². The molecule has 0 aliphatic heterocycles. The Hall–Kier alpha value is -3.17. The van der Waals surface area contributed by atoms with E-state index in [9.17, 15) is 9.18 Å². The van der Waals surface area contributed by atoms with E-state index in [0.717, 1.165) is 12.2 Å². The van der Waals surface area contributed by atoms with Crippen molar-refractivity contribution in [2.24, 2.45) is 11.7 Å². The molecule has 1 amide bonds. The van der Waals surface area contributed by atoms with E-state index in [0.29, 0.717) is 27.0 Å². The lowest BCUT2D eigenvalue weighted by Crippen LogP contribution is -2.40. The summed E-state index contributed by atoms with van der Waals surface area (Å²) in [6.07, 6.45) is 4.96. The number of anilines is 1. The standard InChI is InChI=1S/C22H18ClF2N5OS/c1-30(2)21-29-17(18(32-21)15-8-10-27-20(23)28-15)12-5-3-6-13(11-12)22(25)9-4-7-14(24)16(22)19(26)31/h3-11,16H,1-2H3,(H2,26,31).